The van der Waals surface area contributed by atoms with E-state index >= 15 is 0 Å². The van der Waals surface area contributed by atoms with Crippen LogP contribution in [0.2, 0.25) is 5.15 Å². The number of nitro benzene ring substituents is 1. The van der Waals surface area contributed by atoms with Gasteiger partial charge in [-0.05, 0) is 6.07 Å². The Kier molecular flexibility index (Phi) is 3.48. The second-order valence-electron chi connectivity index (χ2n) is 3.62. The second-order valence-corrected chi connectivity index (χ2v) is 3.97. The highest BCUT2D eigenvalue weighted by Gasteiger charge is 2.16. The summed E-state index contributed by atoms with van der Waals surface area (Å²) in [5, 5.41) is 17.2. The summed E-state index contributed by atoms with van der Waals surface area (Å²) in [6.07, 6.45) is 1.31. The summed E-state index contributed by atoms with van der Waals surface area (Å²) in [6, 6.07) is 5.82. The molecule has 7 nitrogen and oxygen atoms in total. The Morgan fingerprint density at radius 2 is 2.26 bits per heavy atom. The fourth-order valence-corrected chi connectivity index (χ4v) is 1.81. The smallest absolute Gasteiger partial charge is 0.271 e. The Morgan fingerprint density at radius 1 is 1.53 bits per heavy atom. The van der Waals surface area contributed by atoms with E-state index in [1.165, 1.54) is 36.1 Å². The minimum Gasteiger partial charge on any atom is -0.355 e. The first-order chi connectivity index (χ1) is 9.04. The van der Waals surface area contributed by atoms with Crippen LogP contribution in [0.1, 0.15) is 10.4 Å². The highest BCUT2D eigenvalue weighted by Crippen LogP contribution is 2.22. The summed E-state index contributed by atoms with van der Waals surface area (Å²) < 4.78 is 1.26. The lowest BCUT2D eigenvalue weighted by molar-refractivity contribution is -0.384. The van der Waals surface area contributed by atoms with Gasteiger partial charge >= 0.3 is 0 Å². The second kappa shape index (κ2) is 5.07. The fourth-order valence-electron chi connectivity index (χ4n) is 1.54. The van der Waals surface area contributed by atoms with Crippen LogP contribution in [0.15, 0.2) is 30.5 Å². The molecule has 98 valence electrons. The largest absolute Gasteiger partial charge is 0.355 e. The van der Waals surface area contributed by atoms with Gasteiger partial charge in [-0.2, -0.15) is 5.10 Å². The van der Waals surface area contributed by atoms with E-state index in [0.717, 1.165) is 0 Å². The monoisotopic (exact) mass is 280 g/mol. The minimum absolute atomic E-state index is 0.0782. The number of aromatic nitrogens is 2. The molecule has 8 heteroatoms. The first-order valence-electron chi connectivity index (χ1n) is 5.25. The molecular formula is C11H9ClN4O3. The molecule has 0 aliphatic heterocycles. The number of hydrogen-bond acceptors (Lipinski definition) is 4. The third kappa shape index (κ3) is 2.41. The normalized spacial score (nSPS) is 10.2. The SMILES string of the molecule is CNC(=O)c1cnn(-c2cccc([N+](=O)[O-])c2)c1Cl. The van der Waals surface area contributed by atoms with Gasteiger partial charge in [-0.25, -0.2) is 4.68 Å². The number of nitrogens with one attached hydrogen (secondary N) is 1. The standard InChI is InChI=1S/C11H9ClN4O3/c1-13-11(17)9-6-14-15(10(9)12)7-3-2-4-8(5-7)16(18)19/h2-6H,1H3,(H,13,17). The summed E-state index contributed by atoms with van der Waals surface area (Å²) in [4.78, 5) is 21.7. The molecule has 0 saturated carbocycles. The highest BCUT2D eigenvalue weighted by atomic mass is 35.5. The van der Waals surface area contributed by atoms with Gasteiger partial charge in [-0.1, -0.05) is 17.7 Å². The number of carbonyl (C=O) groups excluding carboxylic acids is 1. The van der Waals surface area contributed by atoms with Crippen LogP contribution in [-0.2, 0) is 0 Å². The van der Waals surface area contributed by atoms with Gasteiger partial charge in [-0.15, -0.1) is 0 Å². The van der Waals surface area contributed by atoms with Gasteiger partial charge in [0.05, 0.1) is 22.4 Å². The van der Waals surface area contributed by atoms with Gasteiger partial charge in [0.15, 0.2) is 0 Å². The summed E-state index contributed by atoms with van der Waals surface area (Å²) in [5.41, 5.74) is 0.538. The first kappa shape index (κ1) is 13.0. The van der Waals surface area contributed by atoms with Crippen molar-refractivity contribution in [3.05, 3.63) is 51.3 Å². The van der Waals surface area contributed by atoms with Crippen molar-refractivity contribution in [1.82, 2.24) is 15.1 Å². The molecule has 2 aromatic rings. The van der Waals surface area contributed by atoms with E-state index in [-0.39, 0.29) is 22.3 Å². The average molecular weight is 281 g/mol. The van der Waals surface area contributed by atoms with Gasteiger partial charge in [0, 0.05) is 19.2 Å². The van der Waals surface area contributed by atoms with Crippen molar-refractivity contribution < 1.29 is 9.72 Å². The summed E-state index contributed by atoms with van der Waals surface area (Å²) in [5.74, 6) is -0.373. The van der Waals surface area contributed by atoms with Crippen LogP contribution in [0.4, 0.5) is 5.69 Å². The number of halogens is 1. The van der Waals surface area contributed by atoms with Crippen molar-refractivity contribution in [3.8, 4) is 5.69 Å². The summed E-state index contributed by atoms with van der Waals surface area (Å²) in [7, 11) is 1.48. The molecule has 0 aliphatic carbocycles. The van der Waals surface area contributed by atoms with Crippen molar-refractivity contribution >= 4 is 23.2 Å². The topological polar surface area (TPSA) is 90.1 Å². The molecule has 1 amide bonds. The van der Waals surface area contributed by atoms with E-state index in [1.54, 1.807) is 6.07 Å². The average Bonchev–Trinajstić information content (AvgIpc) is 2.80. The van der Waals surface area contributed by atoms with Crippen LogP contribution in [0.25, 0.3) is 5.69 Å². The zero-order chi connectivity index (χ0) is 14.0. The molecule has 0 aliphatic rings. The Balaban J connectivity index is 2.48. The van der Waals surface area contributed by atoms with Gasteiger partial charge in [-0.3, -0.25) is 14.9 Å². The fraction of sp³-hybridized carbons (Fsp3) is 0.0909. The quantitative estimate of drug-likeness (QED) is 0.685. The Bertz CT molecular complexity index is 653. The first-order valence-corrected chi connectivity index (χ1v) is 5.63. The number of nitrogens with zero attached hydrogens (tertiary/aromatic N) is 3. The summed E-state index contributed by atoms with van der Waals surface area (Å²) in [6.45, 7) is 0. The van der Waals surface area contributed by atoms with Gasteiger partial charge in [0.2, 0.25) is 0 Å². The number of nitro groups is 1. The number of benzene rings is 1. The van der Waals surface area contributed by atoms with Crippen LogP contribution in [0, 0.1) is 10.1 Å². The molecule has 0 atom stereocenters. The maximum absolute atomic E-state index is 11.5. The maximum Gasteiger partial charge on any atom is 0.271 e. The van der Waals surface area contributed by atoms with Crippen LogP contribution < -0.4 is 5.32 Å². The number of amides is 1. The number of rotatable bonds is 3. The van der Waals surface area contributed by atoms with Crippen molar-refractivity contribution in [2.75, 3.05) is 7.05 Å². The summed E-state index contributed by atoms with van der Waals surface area (Å²) >= 11 is 6.03. The van der Waals surface area contributed by atoms with Crippen molar-refractivity contribution in [2.45, 2.75) is 0 Å². The minimum atomic E-state index is -0.513. The molecule has 0 saturated heterocycles. The molecule has 1 aromatic heterocycles. The molecule has 19 heavy (non-hydrogen) atoms. The number of carbonyl (C=O) groups is 1. The lowest BCUT2D eigenvalue weighted by Gasteiger charge is -2.03. The van der Waals surface area contributed by atoms with E-state index in [0.29, 0.717) is 5.69 Å². The van der Waals surface area contributed by atoms with Crippen molar-refractivity contribution in [3.63, 3.8) is 0 Å². The molecule has 0 bridgehead atoms. The molecule has 1 N–H and O–H groups in total. The number of non-ortho nitro benzene ring substituents is 1. The molecular weight excluding hydrogens is 272 g/mol. The van der Waals surface area contributed by atoms with Gasteiger partial charge in [0.1, 0.15) is 5.15 Å². The molecule has 1 aromatic carbocycles. The Labute approximate surface area is 112 Å². The molecule has 0 spiro atoms. The molecule has 1 heterocycles. The predicted octanol–water partition coefficient (Wildman–Crippen LogP) is 1.79. The molecule has 0 unspecified atom stereocenters. The zero-order valence-electron chi connectivity index (χ0n) is 9.83. The van der Waals surface area contributed by atoms with Crippen molar-refractivity contribution in [1.29, 1.82) is 0 Å². The van der Waals surface area contributed by atoms with E-state index in [1.807, 2.05) is 0 Å². The Morgan fingerprint density at radius 3 is 2.89 bits per heavy atom. The zero-order valence-corrected chi connectivity index (χ0v) is 10.6. The van der Waals surface area contributed by atoms with Crippen LogP contribution in [-0.4, -0.2) is 27.7 Å². The molecule has 0 fully saturated rings. The van der Waals surface area contributed by atoms with E-state index in [2.05, 4.69) is 10.4 Å². The third-order valence-electron chi connectivity index (χ3n) is 2.47. The van der Waals surface area contributed by atoms with Gasteiger partial charge in [0.25, 0.3) is 11.6 Å². The van der Waals surface area contributed by atoms with Gasteiger partial charge < -0.3 is 5.32 Å². The maximum atomic E-state index is 11.5. The number of hydrogen-bond donors (Lipinski definition) is 1. The third-order valence-corrected chi connectivity index (χ3v) is 2.83. The lowest BCUT2D eigenvalue weighted by atomic mass is 10.3. The van der Waals surface area contributed by atoms with E-state index in [4.69, 9.17) is 11.6 Å². The van der Waals surface area contributed by atoms with Crippen LogP contribution in [0.5, 0.6) is 0 Å². The Hall–Kier alpha value is -2.41. The molecule has 2 rings (SSSR count). The van der Waals surface area contributed by atoms with E-state index < -0.39 is 4.92 Å². The predicted molar refractivity (Wildman–Crippen MR) is 68.6 cm³/mol. The lowest BCUT2D eigenvalue weighted by Crippen LogP contribution is -2.17. The van der Waals surface area contributed by atoms with Crippen LogP contribution in [0.3, 0.4) is 0 Å². The van der Waals surface area contributed by atoms with Crippen LogP contribution >= 0.6 is 11.6 Å². The van der Waals surface area contributed by atoms with E-state index in [9.17, 15) is 14.9 Å². The van der Waals surface area contributed by atoms with Crippen molar-refractivity contribution in [2.24, 2.45) is 0 Å². The molecule has 0 radical (unpaired) electrons. The highest BCUT2D eigenvalue weighted by molar-refractivity contribution is 6.33.